The van der Waals surface area contributed by atoms with Crippen molar-refractivity contribution in [3.8, 4) is 16.3 Å². The quantitative estimate of drug-likeness (QED) is 0.726. The summed E-state index contributed by atoms with van der Waals surface area (Å²) < 4.78 is 5.59. The van der Waals surface area contributed by atoms with Crippen LogP contribution in [0.4, 0.5) is 5.82 Å². The van der Waals surface area contributed by atoms with Gasteiger partial charge in [0.1, 0.15) is 28.4 Å². The fourth-order valence-electron chi connectivity index (χ4n) is 2.97. The monoisotopic (exact) mass is 379 g/mol. The lowest BCUT2D eigenvalue weighted by Gasteiger charge is -2.18. The Hall–Kier alpha value is -2.93. The van der Waals surface area contributed by atoms with Crippen LogP contribution in [0.25, 0.3) is 21.5 Å². The number of anilines is 1. The van der Waals surface area contributed by atoms with Gasteiger partial charge < -0.3 is 15.0 Å². The zero-order chi connectivity index (χ0) is 18.8. The number of ether oxygens (including phenoxy) is 1. The standard InChI is InChI=1S/C20H21N5OS/c1-13-10-22-20(27-13)15-8-16-18(17(9-15)26-3)23-12-24-19(16)21-11-14-4-6-25(2)7-5-14/h4-6,8-10,12H,7,11H2,1-3H3,(H,21,23,24). The largest absolute Gasteiger partial charge is 0.494 e. The van der Waals surface area contributed by atoms with Crippen LogP contribution < -0.4 is 10.1 Å². The number of fused-ring (bicyclic) bond motifs is 1. The van der Waals surface area contributed by atoms with Crippen LogP contribution in [0.15, 0.2) is 48.6 Å². The van der Waals surface area contributed by atoms with Gasteiger partial charge in [0.2, 0.25) is 0 Å². The Morgan fingerprint density at radius 2 is 2.15 bits per heavy atom. The summed E-state index contributed by atoms with van der Waals surface area (Å²) in [7, 11) is 3.72. The van der Waals surface area contributed by atoms with Crippen LogP contribution in [-0.2, 0) is 0 Å². The summed E-state index contributed by atoms with van der Waals surface area (Å²) in [6.45, 7) is 3.68. The number of nitrogens with one attached hydrogen (secondary N) is 1. The van der Waals surface area contributed by atoms with Crippen molar-refractivity contribution in [1.29, 1.82) is 0 Å². The first-order valence-electron chi connectivity index (χ1n) is 8.71. The van der Waals surface area contributed by atoms with E-state index in [0.29, 0.717) is 6.54 Å². The summed E-state index contributed by atoms with van der Waals surface area (Å²) in [5.74, 6) is 1.51. The first-order valence-corrected chi connectivity index (χ1v) is 9.52. The van der Waals surface area contributed by atoms with Crippen LogP contribution >= 0.6 is 11.3 Å². The van der Waals surface area contributed by atoms with Gasteiger partial charge >= 0.3 is 0 Å². The maximum Gasteiger partial charge on any atom is 0.145 e. The van der Waals surface area contributed by atoms with Crippen molar-refractivity contribution in [2.75, 3.05) is 32.6 Å². The Morgan fingerprint density at radius 1 is 1.26 bits per heavy atom. The van der Waals surface area contributed by atoms with Gasteiger partial charge in [0.15, 0.2) is 0 Å². The fourth-order valence-corrected chi connectivity index (χ4v) is 3.73. The van der Waals surface area contributed by atoms with E-state index in [-0.39, 0.29) is 0 Å². The molecule has 27 heavy (non-hydrogen) atoms. The Balaban J connectivity index is 1.71. The number of nitrogens with zero attached hydrogens (tertiary/aromatic N) is 4. The third-order valence-electron chi connectivity index (χ3n) is 4.44. The Morgan fingerprint density at radius 3 is 2.85 bits per heavy atom. The predicted octanol–water partition coefficient (Wildman–Crippen LogP) is 3.87. The zero-order valence-corrected chi connectivity index (χ0v) is 16.4. The smallest absolute Gasteiger partial charge is 0.145 e. The molecule has 3 heterocycles. The topological polar surface area (TPSA) is 63.2 Å². The average molecular weight is 379 g/mol. The van der Waals surface area contributed by atoms with Crippen LogP contribution in [-0.4, -0.2) is 47.1 Å². The molecule has 0 bridgehead atoms. The third-order valence-corrected chi connectivity index (χ3v) is 5.40. The van der Waals surface area contributed by atoms with Crippen molar-refractivity contribution in [2.45, 2.75) is 6.92 Å². The van der Waals surface area contributed by atoms with Crippen molar-refractivity contribution in [3.63, 3.8) is 0 Å². The molecule has 1 aromatic carbocycles. The van der Waals surface area contributed by atoms with Gasteiger partial charge in [0.25, 0.3) is 0 Å². The molecule has 0 amide bonds. The molecule has 0 saturated carbocycles. The lowest BCUT2D eigenvalue weighted by atomic mass is 10.1. The Kier molecular flexibility index (Phi) is 4.77. The highest BCUT2D eigenvalue weighted by atomic mass is 32.1. The van der Waals surface area contributed by atoms with Crippen molar-refractivity contribution in [3.05, 3.63) is 53.5 Å². The molecule has 7 heteroatoms. The van der Waals surface area contributed by atoms with Crippen LogP contribution in [0.1, 0.15) is 4.88 Å². The molecular formula is C20H21N5OS. The van der Waals surface area contributed by atoms with Crippen molar-refractivity contribution in [2.24, 2.45) is 0 Å². The van der Waals surface area contributed by atoms with Gasteiger partial charge in [-0.15, -0.1) is 11.3 Å². The van der Waals surface area contributed by atoms with Crippen LogP contribution in [0.3, 0.4) is 0 Å². The number of likely N-dealkylation sites (N-methyl/N-ethyl adjacent to an activating group) is 1. The van der Waals surface area contributed by atoms with Crippen molar-refractivity contribution >= 4 is 28.1 Å². The highest BCUT2D eigenvalue weighted by Gasteiger charge is 2.14. The minimum absolute atomic E-state index is 0.708. The fraction of sp³-hybridized carbons (Fsp3) is 0.250. The summed E-state index contributed by atoms with van der Waals surface area (Å²) >= 11 is 1.66. The van der Waals surface area contributed by atoms with E-state index < -0.39 is 0 Å². The maximum atomic E-state index is 5.59. The molecule has 6 nitrogen and oxygen atoms in total. The minimum Gasteiger partial charge on any atom is -0.494 e. The molecule has 0 radical (unpaired) electrons. The second kappa shape index (κ2) is 7.36. The second-order valence-electron chi connectivity index (χ2n) is 6.46. The number of hydrogen-bond donors (Lipinski definition) is 1. The van der Waals surface area contributed by atoms with E-state index in [9.17, 15) is 0 Å². The van der Waals surface area contributed by atoms with Crippen molar-refractivity contribution in [1.82, 2.24) is 19.9 Å². The van der Waals surface area contributed by atoms with Gasteiger partial charge in [-0.3, -0.25) is 0 Å². The Labute approximate surface area is 162 Å². The molecule has 1 N–H and O–H groups in total. The highest BCUT2D eigenvalue weighted by Crippen LogP contribution is 2.35. The minimum atomic E-state index is 0.708. The van der Waals surface area contributed by atoms with Gasteiger partial charge in [0.05, 0.1) is 7.11 Å². The van der Waals surface area contributed by atoms with E-state index in [0.717, 1.165) is 39.6 Å². The molecule has 138 valence electrons. The van der Waals surface area contributed by atoms with E-state index in [4.69, 9.17) is 4.74 Å². The molecule has 0 spiro atoms. The second-order valence-corrected chi connectivity index (χ2v) is 7.70. The number of aromatic nitrogens is 3. The van der Waals surface area contributed by atoms with E-state index in [1.807, 2.05) is 12.3 Å². The molecule has 2 aromatic heterocycles. The number of thiazole rings is 1. The predicted molar refractivity (Wildman–Crippen MR) is 110 cm³/mol. The number of methoxy groups -OCH3 is 1. The molecule has 1 aliphatic heterocycles. The van der Waals surface area contributed by atoms with Gasteiger partial charge in [0, 0.05) is 42.2 Å². The van der Waals surface area contributed by atoms with E-state index in [1.165, 1.54) is 10.5 Å². The van der Waals surface area contributed by atoms with Crippen LogP contribution in [0, 0.1) is 6.92 Å². The molecule has 4 rings (SSSR count). The van der Waals surface area contributed by atoms with E-state index >= 15 is 0 Å². The number of rotatable bonds is 5. The molecule has 1 aliphatic rings. The summed E-state index contributed by atoms with van der Waals surface area (Å²) in [6.07, 6.45) is 9.86. The SMILES string of the molecule is COc1cc(-c2ncc(C)s2)cc2c(NCC3=CCN(C)C=C3)ncnc12. The van der Waals surface area contributed by atoms with Gasteiger partial charge in [-0.05, 0) is 36.9 Å². The summed E-state index contributed by atoms with van der Waals surface area (Å²) in [6, 6.07) is 4.07. The maximum absolute atomic E-state index is 5.59. The highest BCUT2D eigenvalue weighted by molar-refractivity contribution is 7.14. The molecule has 0 aliphatic carbocycles. The van der Waals surface area contributed by atoms with Crippen LogP contribution in [0.5, 0.6) is 5.75 Å². The molecule has 0 atom stereocenters. The average Bonchev–Trinajstić information content (AvgIpc) is 3.13. The molecule has 0 fully saturated rings. The summed E-state index contributed by atoms with van der Waals surface area (Å²) in [5, 5.41) is 5.34. The lowest BCUT2D eigenvalue weighted by molar-refractivity contribution is 0.419. The van der Waals surface area contributed by atoms with Gasteiger partial charge in [-0.1, -0.05) is 6.08 Å². The first-order chi connectivity index (χ1) is 13.1. The molecule has 3 aromatic rings. The first kappa shape index (κ1) is 17.5. The number of hydrogen-bond acceptors (Lipinski definition) is 7. The lowest BCUT2D eigenvalue weighted by Crippen LogP contribution is -2.16. The Bertz CT molecular complexity index is 1040. The van der Waals surface area contributed by atoms with E-state index in [2.05, 4.69) is 63.6 Å². The summed E-state index contributed by atoms with van der Waals surface area (Å²) in [5.41, 5.74) is 3.03. The van der Waals surface area contributed by atoms with Crippen LogP contribution in [0.2, 0.25) is 0 Å². The normalized spacial score (nSPS) is 13.7. The number of benzene rings is 1. The molecule has 0 unspecified atom stereocenters. The molecule has 0 saturated heterocycles. The zero-order valence-electron chi connectivity index (χ0n) is 15.6. The number of aryl methyl sites for hydroxylation is 1. The summed E-state index contributed by atoms with van der Waals surface area (Å²) in [4.78, 5) is 16.7. The molecular weight excluding hydrogens is 358 g/mol. The third kappa shape index (κ3) is 3.64. The van der Waals surface area contributed by atoms with Crippen molar-refractivity contribution < 1.29 is 4.74 Å². The van der Waals surface area contributed by atoms with Gasteiger partial charge in [-0.2, -0.15) is 0 Å². The van der Waals surface area contributed by atoms with E-state index in [1.54, 1.807) is 24.8 Å². The van der Waals surface area contributed by atoms with Gasteiger partial charge in [-0.25, -0.2) is 15.0 Å².